The van der Waals surface area contributed by atoms with E-state index < -0.39 is 5.92 Å². The molecule has 1 aromatic rings. The molecule has 1 N–H and O–H groups in total. The molecule has 1 unspecified atom stereocenters. The Bertz CT molecular complexity index is 898. The molecule has 6 heteroatoms. The number of hydrogen-bond acceptors (Lipinski definition) is 4. The summed E-state index contributed by atoms with van der Waals surface area (Å²) in [6.45, 7) is 12.7. The van der Waals surface area contributed by atoms with Crippen molar-refractivity contribution in [3.63, 3.8) is 0 Å². The van der Waals surface area contributed by atoms with Gasteiger partial charge in [-0.25, -0.2) is 4.99 Å². The Morgan fingerprint density at radius 3 is 2.52 bits per heavy atom. The molecule has 0 aliphatic carbocycles. The average molecular weight is 426 g/mol. The summed E-state index contributed by atoms with van der Waals surface area (Å²) in [5.74, 6) is -0.714. The molecule has 31 heavy (non-hydrogen) atoms. The number of nitrogens with one attached hydrogen (secondary N) is 1. The molecule has 0 spiro atoms. The van der Waals surface area contributed by atoms with Crippen molar-refractivity contribution >= 4 is 23.2 Å². The minimum absolute atomic E-state index is 0.135. The Kier molecular flexibility index (Phi) is 7.65. The molecule has 0 aromatic heterocycles. The van der Waals surface area contributed by atoms with Gasteiger partial charge in [-0.05, 0) is 76.3 Å². The van der Waals surface area contributed by atoms with Crippen LogP contribution < -0.4 is 10.2 Å². The minimum atomic E-state index is -0.392. The van der Waals surface area contributed by atoms with Crippen molar-refractivity contribution in [3.8, 4) is 0 Å². The highest BCUT2D eigenvalue weighted by molar-refractivity contribution is 6.06. The highest BCUT2D eigenvalue weighted by Gasteiger charge is 2.26. The van der Waals surface area contributed by atoms with E-state index >= 15 is 0 Å². The van der Waals surface area contributed by atoms with Crippen LogP contribution in [0.3, 0.4) is 0 Å². The molecular formula is C25H35N3O3. The monoisotopic (exact) mass is 425 g/mol. The first-order chi connectivity index (χ1) is 14.8. The van der Waals surface area contributed by atoms with E-state index in [4.69, 9.17) is 4.74 Å². The van der Waals surface area contributed by atoms with Crippen molar-refractivity contribution in [2.75, 3.05) is 31.2 Å². The van der Waals surface area contributed by atoms with Crippen LogP contribution in [0.4, 0.5) is 5.69 Å². The van der Waals surface area contributed by atoms with Gasteiger partial charge in [-0.2, -0.15) is 0 Å². The van der Waals surface area contributed by atoms with Gasteiger partial charge in [-0.1, -0.05) is 12.5 Å². The van der Waals surface area contributed by atoms with E-state index in [1.165, 1.54) is 0 Å². The van der Waals surface area contributed by atoms with Crippen LogP contribution in [0.15, 0.2) is 28.8 Å². The maximum Gasteiger partial charge on any atom is 0.254 e. The lowest BCUT2D eigenvalue weighted by Crippen LogP contribution is -2.40. The van der Waals surface area contributed by atoms with E-state index in [9.17, 15) is 9.59 Å². The molecule has 1 atom stereocenters. The van der Waals surface area contributed by atoms with Gasteiger partial charge in [0.25, 0.3) is 11.8 Å². The zero-order valence-electron chi connectivity index (χ0n) is 19.5. The summed E-state index contributed by atoms with van der Waals surface area (Å²) >= 11 is 0. The molecule has 2 heterocycles. The summed E-state index contributed by atoms with van der Waals surface area (Å²) in [6.07, 6.45) is 4.77. The number of dihydropyridines is 1. The summed E-state index contributed by atoms with van der Waals surface area (Å²) < 4.78 is 5.55. The van der Waals surface area contributed by atoms with Crippen LogP contribution in [0.1, 0.15) is 62.0 Å². The summed E-state index contributed by atoms with van der Waals surface area (Å²) in [5.41, 5.74) is 5.59. The van der Waals surface area contributed by atoms with E-state index in [1.807, 2.05) is 32.9 Å². The van der Waals surface area contributed by atoms with Crippen LogP contribution in [-0.2, 0) is 16.0 Å². The largest absolute Gasteiger partial charge is 0.381 e. The third-order valence-electron chi connectivity index (χ3n) is 6.41. The number of hydrogen-bond donors (Lipinski definition) is 1. The third kappa shape index (κ3) is 5.24. The van der Waals surface area contributed by atoms with Gasteiger partial charge in [0.1, 0.15) is 0 Å². The number of carbonyl (C=O) groups is 2. The molecule has 3 rings (SSSR count). The molecule has 2 aliphatic rings. The van der Waals surface area contributed by atoms with Gasteiger partial charge in [-0.3, -0.25) is 9.59 Å². The number of ether oxygens (including phenoxy) is 1. The summed E-state index contributed by atoms with van der Waals surface area (Å²) in [4.78, 5) is 31.9. The number of allylic oxidation sites excluding steroid dienone is 1. The highest BCUT2D eigenvalue weighted by Crippen LogP contribution is 2.30. The van der Waals surface area contributed by atoms with Gasteiger partial charge in [0.2, 0.25) is 0 Å². The fourth-order valence-corrected chi connectivity index (χ4v) is 4.56. The number of aryl methyl sites for hydroxylation is 1. The van der Waals surface area contributed by atoms with Crippen molar-refractivity contribution in [1.82, 2.24) is 5.32 Å². The number of aliphatic imine (C=N–C) groups is 1. The van der Waals surface area contributed by atoms with Crippen LogP contribution in [0.25, 0.3) is 0 Å². The predicted molar refractivity (Wildman–Crippen MR) is 125 cm³/mol. The molecule has 0 radical (unpaired) electrons. The number of nitrogens with zero attached hydrogens (tertiary/aromatic N) is 2. The van der Waals surface area contributed by atoms with E-state index in [2.05, 4.69) is 35.1 Å². The standard InChI is InChI=1S/C25H35N3O3/c1-6-19-13-21(24(29)26-15-22-16(3)12-17(4)27-25(22)30)18(5)23(14-19)28(7-2)20-8-10-31-11-9-20/h12-14,20,22H,6-11,15H2,1-5H3,(H,26,29). The molecule has 1 saturated heterocycles. The first-order valence-electron chi connectivity index (χ1n) is 11.4. The topological polar surface area (TPSA) is 71.0 Å². The molecule has 1 aromatic carbocycles. The van der Waals surface area contributed by atoms with Gasteiger partial charge in [-0.15, -0.1) is 0 Å². The van der Waals surface area contributed by atoms with Crippen molar-refractivity contribution in [3.05, 3.63) is 40.5 Å². The Balaban J connectivity index is 1.83. The van der Waals surface area contributed by atoms with Crippen molar-refractivity contribution in [2.24, 2.45) is 10.9 Å². The SMILES string of the molecule is CCc1cc(C(=O)NCC2C(=O)N=C(C)C=C2C)c(C)c(N(CC)C2CCOCC2)c1. The number of rotatable bonds is 7. The zero-order chi connectivity index (χ0) is 22.5. The van der Waals surface area contributed by atoms with Gasteiger partial charge in [0.05, 0.1) is 5.92 Å². The summed E-state index contributed by atoms with van der Waals surface area (Å²) in [5, 5.41) is 2.99. The van der Waals surface area contributed by atoms with E-state index in [0.717, 1.165) is 61.4 Å². The lowest BCUT2D eigenvalue weighted by molar-refractivity contribution is -0.120. The average Bonchev–Trinajstić information content (AvgIpc) is 2.75. The van der Waals surface area contributed by atoms with Crippen LogP contribution >= 0.6 is 0 Å². The Morgan fingerprint density at radius 2 is 1.90 bits per heavy atom. The van der Waals surface area contributed by atoms with Gasteiger partial charge in [0, 0.05) is 49.3 Å². The number of anilines is 1. The second-order valence-corrected chi connectivity index (χ2v) is 8.51. The number of benzene rings is 1. The minimum Gasteiger partial charge on any atom is -0.381 e. The molecule has 2 aliphatic heterocycles. The highest BCUT2D eigenvalue weighted by atomic mass is 16.5. The Hall–Kier alpha value is -2.47. The second-order valence-electron chi connectivity index (χ2n) is 8.51. The summed E-state index contributed by atoms with van der Waals surface area (Å²) in [7, 11) is 0. The fraction of sp³-hybridized carbons (Fsp3) is 0.560. The molecule has 1 fully saturated rings. The van der Waals surface area contributed by atoms with E-state index in [0.29, 0.717) is 17.3 Å². The second kappa shape index (κ2) is 10.2. The van der Waals surface area contributed by atoms with Crippen LogP contribution in [0.5, 0.6) is 0 Å². The van der Waals surface area contributed by atoms with Gasteiger partial charge < -0.3 is 15.0 Å². The summed E-state index contributed by atoms with van der Waals surface area (Å²) in [6, 6.07) is 4.63. The maximum atomic E-state index is 13.2. The molecular weight excluding hydrogens is 390 g/mol. The third-order valence-corrected chi connectivity index (χ3v) is 6.41. The van der Waals surface area contributed by atoms with Crippen LogP contribution in [0, 0.1) is 12.8 Å². The van der Waals surface area contributed by atoms with E-state index in [-0.39, 0.29) is 18.4 Å². The van der Waals surface area contributed by atoms with Crippen LogP contribution in [-0.4, -0.2) is 49.9 Å². The van der Waals surface area contributed by atoms with Gasteiger partial charge in [0.15, 0.2) is 0 Å². The van der Waals surface area contributed by atoms with Crippen molar-refractivity contribution in [1.29, 1.82) is 0 Å². The lowest BCUT2D eigenvalue weighted by Gasteiger charge is -2.37. The molecule has 6 nitrogen and oxygen atoms in total. The molecule has 2 amide bonds. The first-order valence-corrected chi connectivity index (χ1v) is 11.4. The molecule has 0 saturated carbocycles. The number of carbonyl (C=O) groups excluding carboxylic acids is 2. The number of amides is 2. The molecule has 0 bridgehead atoms. The van der Waals surface area contributed by atoms with Crippen molar-refractivity contribution in [2.45, 2.75) is 59.9 Å². The smallest absolute Gasteiger partial charge is 0.254 e. The van der Waals surface area contributed by atoms with E-state index in [1.54, 1.807) is 0 Å². The predicted octanol–water partition coefficient (Wildman–Crippen LogP) is 3.86. The lowest BCUT2D eigenvalue weighted by atomic mass is 9.95. The fourth-order valence-electron chi connectivity index (χ4n) is 4.56. The van der Waals surface area contributed by atoms with Crippen LogP contribution in [0.2, 0.25) is 0 Å². The Morgan fingerprint density at radius 1 is 1.19 bits per heavy atom. The quantitative estimate of drug-likeness (QED) is 0.720. The Labute approximate surface area is 185 Å². The van der Waals surface area contributed by atoms with Crippen molar-refractivity contribution < 1.29 is 14.3 Å². The first kappa shape index (κ1) is 23.2. The van der Waals surface area contributed by atoms with Gasteiger partial charge >= 0.3 is 0 Å². The zero-order valence-corrected chi connectivity index (χ0v) is 19.5. The maximum absolute atomic E-state index is 13.2. The molecule has 168 valence electrons. The normalized spacial score (nSPS) is 19.6.